The summed E-state index contributed by atoms with van der Waals surface area (Å²) in [6, 6.07) is 23.3. The Morgan fingerprint density at radius 3 is 2.02 bits per heavy atom. The Kier molecular flexibility index (Phi) is 13.0. The summed E-state index contributed by atoms with van der Waals surface area (Å²) < 4.78 is 0.848. The molecule has 13 heteroatoms. The summed E-state index contributed by atoms with van der Waals surface area (Å²) in [6.07, 6.45) is 0.924. The zero-order chi connectivity index (χ0) is 33.6. The third-order valence-corrected chi connectivity index (χ3v) is 8.44. The van der Waals surface area contributed by atoms with Gasteiger partial charge in [-0.2, -0.15) is 0 Å². The Labute approximate surface area is 277 Å². The fraction of sp³-hybridized carbons (Fsp3) is 0.294. The highest BCUT2D eigenvalue weighted by atomic mass is 32.1. The Morgan fingerprint density at radius 2 is 1.36 bits per heavy atom. The largest absolute Gasteiger partial charge is 0.370 e. The van der Waals surface area contributed by atoms with Crippen molar-refractivity contribution in [3.63, 3.8) is 0 Å². The molecular formula is C34H40N8O4S. The molecule has 0 aliphatic carbocycles. The van der Waals surface area contributed by atoms with Gasteiger partial charge in [0.05, 0.1) is 22.3 Å². The van der Waals surface area contributed by atoms with Crippen LogP contribution in [-0.2, 0) is 27.3 Å². The number of aromatic nitrogens is 1. The maximum Gasteiger partial charge on any atom is 0.243 e. The molecule has 0 fully saturated rings. The van der Waals surface area contributed by atoms with E-state index in [1.54, 1.807) is 0 Å². The molecule has 12 nitrogen and oxygen atoms in total. The van der Waals surface area contributed by atoms with Crippen LogP contribution in [0.3, 0.4) is 0 Å². The van der Waals surface area contributed by atoms with Crippen molar-refractivity contribution >= 4 is 51.0 Å². The van der Waals surface area contributed by atoms with Crippen LogP contribution in [0.4, 0.5) is 0 Å². The van der Waals surface area contributed by atoms with Crippen LogP contribution in [0.25, 0.3) is 10.2 Å². The average molecular weight is 657 g/mol. The molecule has 0 radical (unpaired) electrons. The number of fused-ring (bicyclic) bond motifs is 1. The quantitative estimate of drug-likeness (QED) is 0.0404. The molecule has 0 unspecified atom stereocenters. The molecule has 3 atom stereocenters. The minimum absolute atomic E-state index is 0.0238. The number of benzene rings is 3. The first-order valence-corrected chi connectivity index (χ1v) is 16.2. The van der Waals surface area contributed by atoms with Crippen LogP contribution in [0.5, 0.6) is 0 Å². The van der Waals surface area contributed by atoms with Gasteiger partial charge in [0.2, 0.25) is 23.5 Å². The number of primary amides is 1. The van der Waals surface area contributed by atoms with E-state index in [0.29, 0.717) is 18.5 Å². The van der Waals surface area contributed by atoms with Crippen molar-refractivity contribution < 1.29 is 19.2 Å². The smallest absolute Gasteiger partial charge is 0.243 e. The fourth-order valence-electron chi connectivity index (χ4n) is 4.95. The summed E-state index contributed by atoms with van der Waals surface area (Å²) in [5.41, 5.74) is 18.8. The van der Waals surface area contributed by atoms with E-state index in [1.165, 1.54) is 11.3 Å². The van der Waals surface area contributed by atoms with Crippen molar-refractivity contribution in [2.45, 2.75) is 56.8 Å². The molecular weight excluding hydrogens is 616 g/mol. The number of hydrogen-bond donors (Lipinski definition) is 6. The molecule has 0 bridgehead atoms. The Balaban J connectivity index is 1.56. The second-order valence-electron chi connectivity index (χ2n) is 11.0. The molecule has 246 valence electrons. The van der Waals surface area contributed by atoms with E-state index in [0.717, 1.165) is 15.8 Å². The van der Waals surface area contributed by atoms with Gasteiger partial charge in [0.15, 0.2) is 11.0 Å². The summed E-state index contributed by atoms with van der Waals surface area (Å²) in [7, 11) is 0. The number of aliphatic imine (C=N–C) groups is 1. The second kappa shape index (κ2) is 17.5. The molecule has 9 N–H and O–H groups in total. The van der Waals surface area contributed by atoms with Crippen molar-refractivity contribution in [2.24, 2.45) is 22.2 Å². The van der Waals surface area contributed by atoms with E-state index < -0.39 is 35.8 Å². The lowest BCUT2D eigenvalue weighted by Crippen LogP contribution is -2.56. The van der Waals surface area contributed by atoms with E-state index >= 15 is 0 Å². The van der Waals surface area contributed by atoms with E-state index in [4.69, 9.17) is 17.2 Å². The predicted octanol–water partition coefficient (Wildman–Crippen LogP) is 2.17. The number of amides is 3. The summed E-state index contributed by atoms with van der Waals surface area (Å²) in [5.74, 6) is -1.97. The van der Waals surface area contributed by atoms with Gasteiger partial charge >= 0.3 is 0 Å². The van der Waals surface area contributed by atoms with Crippen LogP contribution in [0.2, 0.25) is 0 Å². The highest BCUT2D eigenvalue weighted by Gasteiger charge is 2.30. The number of para-hydroxylation sites is 1. The van der Waals surface area contributed by atoms with Crippen molar-refractivity contribution in [2.75, 3.05) is 6.54 Å². The van der Waals surface area contributed by atoms with E-state index in [2.05, 4.69) is 25.9 Å². The van der Waals surface area contributed by atoms with Crippen molar-refractivity contribution in [1.82, 2.24) is 20.9 Å². The van der Waals surface area contributed by atoms with Gasteiger partial charge in [0.1, 0.15) is 6.04 Å². The lowest BCUT2D eigenvalue weighted by atomic mass is 10.0. The first-order chi connectivity index (χ1) is 22.7. The monoisotopic (exact) mass is 656 g/mol. The van der Waals surface area contributed by atoms with Gasteiger partial charge in [-0.1, -0.05) is 72.8 Å². The molecule has 3 amide bonds. The Morgan fingerprint density at radius 1 is 0.745 bits per heavy atom. The molecule has 1 aromatic heterocycles. The molecule has 4 aromatic rings. The van der Waals surface area contributed by atoms with Gasteiger partial charge in [-0.15, -0.1) is 11.3 Å². The lowest BCUT2D eigenvalue weighted by molar-refractivity contribution is -0.130. The Bertz CT molecular complexity index is 1640. The zero-order valence-electron chi connectivity index (χ0n) is 25.9. The van der Waals surface area contributed by atoms with E-state index in [-0.39, 0.29) is 49.0 Å². The fourth-order valence-corrected chi connectivity index (χ4v) is 5.91. The first kappa shape index (κ1) is 34.7. The number of nitrogens with two attached hydrogens (primary N) is 3. The zero-order valence-corrected chi connectivity index (χ0v) is 26.7. The summed E-state index contributed by atoms with van der Waals surface area (Å²) in [6.45, 7) is 0.627. The predicted molar refractivity (Wildman–Crippen MR) is 183 cm³/mol. The van der Waals surface area contributed by atoms with Crippen LogP contribution in [-0.4, -0.2) is 59.1 Å². The van der Waals surface area contributed by atoms with Gasteiger partial charge < -0.3 is 33.2 Å². The molecule has 0 saturated carbocycles. The maximum absolute atomic E-state index is 14.0. The van der Waals surface area contributed by atoms with Gasteiger partial charge in [0, 0.05) is 25.9 Å². The number of nitrogens with one attached hydrogen (secondary N) is 3. The number of ketones is 1. The SMILES string of the molecule is NC(=O)CC[C@H](NCc1ccccc1)C(=O)N[C@@H](Cc1ccccc1)C(=O)N[C@@H](CCCN=C(N)N)C(=O)c1nc2ccccc2s1. The molecule has 47 heavy (non-hydrogen) atoms. The lowest BCUT2D eigenvalue weighted by Gasteiger charge is -2.25. The van der Waals surface area contributed by atoms with E-state index in [1.807, 2.05) is 84.9 Å². The Hall–Kier alpha value is -5.14. The van der Waals surface area contributed by atoms with Crippen molar-refractivity contribution in [1.29, 1.82) is 0 Å². The normalized spacial score (nSPS) is 12.9. The number of thiazole rings is 1. The van der Waals surface area contributed by atoms with Crippen LogP contribution >= 0.6 is 11.3 Å². The first-order valence-electron chi connectivity index (χ1n) is 15.3. The summed E-state index contributed by atoms with van der Waals surface area (Å²) >= 11 is 1.25. The van der Waals surface area contributed by atoms with Crippen LogP contribution < -0.4 is 33.2 Å². The molecule has 0 saturated heterocycles. The third kappa shape index (κ3) is 11.0. The maximum atomic E-state index is 14.0. The molecule has 0 spiro atoms. The van der Waals surface area contributed by atoms with Crippen LogP contribution in [0.1, 0.15) is 46.6 Å². The standard InChI is InChI=1S/C34H40N8O4S/c35-29(43)18-17-26(39-21-23-12-5-2-6-13-23)31(45)41-27(20-22-10-3-1-4-11-22)32(46)40-25(15-9-19-38-34(36)37)30(44)33-42-24-14-7-8-16-28(24)47-33/h1-8,10-14,16,25-27,39H,9,15,17-21H2,(H2,35,43)(H,40,46)(H,41,45)(H4,36,37,38)/t25-,26-,27-/m0/s1. The highest BCUT2D eigenvalue weighted by molar-refractivity contribution is 7.20. The van der Waals surface area contributed by atoms with Gasteiger partial charge in [-0.05, 0) is 42.5 Å². The number of hydrogen-bond acceptors (Lipinski definition) is 8. The number of carbonyl (C=O) groups excluding carboxylic acids is 4. The number of rotatable bonds is 18. The average Bonchev–Trinajstić information content (AvgIpc) is 3.50. The molecule has 4 rings (SSSR count). The number of nitrogens with zero attached hydrogens (tertiary/aromatic N) is 2. The summed E-state index contributed by atoms with van der Waals surface area (Å²) in [4.78, 5) is 61.5. The van der Waals surface area contributed by atoms with Crippen molar-refractivity contribution in [3.05, 3.63) is 101 Å². The topological polar surface area (TPSA) is 208 Å². The number of carbonyl (C=O) groups is 4. The van der Waals surface area contributed by atoms with Crippen molar-refractivity contribution in [3.8, 4) is 0 Å². The van der Waals surface area contributed by atoms with E-state index in [9.17, 15) is 19.2 Å². The number of Topliss-reactive ketones (excluding diaryl/α,β-unsaturated/α-hetero) is 1. The molecule has 3 aromatic carbocycles. The molecule has 0 aliphatic heterocycles. The molecule has 0 aliphatic rings. The number of guanidine groups is 1. The van der Waals surface area contributed by atoms with Gasteiger partial charge in [-0.25, -0.2) is 4.98 Å². The highest BCUT2D eigenvalue weighted by Crippen LogP contribution is 2.23. The van der Waals surface area contributed by atoms with Crippen LogP contribution in [0, 0.1) is 0 Å². The summed E-state index contributed by atoms with van der Waals surface area (Å²) in [5, 5.41) is 9.20. The minimum atomic E-state index is -1.04. The third-order valence-electron chi connectivity index (χ3n) is 7.39. The van der Waals surface area contributed by atoms with Gasteiger partial charge in [-0.3, -0.25) is 24.2 Å². The second-order valence-corrected chi connectivity index (χ2v) is 12.1. The molecule has 1 heterocycles. The minimum Gasteiger partial charge on any atom is -0.370 e. The van der Waals surface area contributed by atoms with Gasteiger partial charge in [0.25, 0.3) is 0 Å². The van der Waals surface area contributed by atoms with Crippen LogP contribution in [0.15, 0.2) is 89.9 Å².